The summed E-state index contributed by atoms with van der Waals surface area (Å²) in [7, 11) is -5.21. The van der Waals surface area contributed by atoms with E-state index in [4.69, 9.17) is 9.79 Å². The summed E-state index contributed by atoms with van der Waals surface area (Å²) >= 11 is 0. The van der Waals surface area contributed by atoms with E-state index in [9.17, 15) is 18.9 Å². The molecule has 8 heteroatoms. The van der Waals surface area contributed by atoms with Crippen LogP contribution in [0, 0.1) is 0 Å². The molecule has 0 radical (unpaired) electrons. The zero-order valence-electron chi connectivity index (χ0n) is 9.94. The van der Waals surface area contributed by atoms with Gasteiger partial charge in [-0.25, -0.2) is 4.57 Å². The molecule has 0 saturated carbocycles. The summed E-state index contributed by atoms with van der Waals surface area (Å²) in [4.78, 5) is 52.4. The molecule has 0 atom stereocenters. The fourth-order valence-corrected chi connectivity index (χ4v) is 1.92. The van der Waals surface area contributed by atoms with Crippen molar-refractivity contribution in [1.82, 2.24) is 0 Å². The topological polar surface area (TPSA) is 118 Å². The highest BCUT2D eigenvalue weighted by molar-refractivity contribution is 7.46. The molecule has 7 nitrogen and oxygen atoms in total. The van der Waals surface area contributed by atoms with Crippen LogP contribution in [0.2, 0.25) is 0 Å². The molecule has 0 fully saturated rings. The molecule has 0 unspecified atom stereocenters. The summed E-state index contributed by atoms with van der Waals surface area (Å²) < 4.78 is 15.2. The van der Waals surface area contributed by atoms with Gasteiger partial charge in [-0.2, -0.15) is 0 Å². The first-order chi connectivity index (χ1) is 8.62. The number of rotatable bonds is 9. The molecule has 104 valence electrons. The van der Waals surface area contributed by atoms with Crippen LogP contribution in [-0.2, 0) is 23.5 Å². The molecule has 0 aliphatic heterocycles. The quantitative estimate of drug-likeness (QED) is 0.360. The first-order valence-corrected chi connectivity index (χ1v) is 6.41. The maximum atomic E-state index is 11.7. The summed E-state index contributed by atoms with van der Waals surface area (Å²) in [6, 6.07) is 0. The predicted octanol–water partition coefficient (Wildman–Crippen LogP) is 0.490. The van der Waals surface area contributed by atoms with Crippen LogP contribution in [0.25, 0.3) is 0 Å². The van der Waals surface area contributed by atoms with Gasteiger partial charge in [-0.3, -0.25) is 18.9 Å². The van der Waals surface area contributed by atoms with E-state index in [1.165, 1.54) is 0 Å². The van der Waals surface area contributed by atoms with E-state index >= 15 is 0 Å². The van der Waals surface area contributed by atoms with Crippen LogP contribution in [0.5, 0.6) is 0 Å². The molecule has 0 aliphatic carbocycles. The number of phosphoric ester groups is 1. The van der Waals surface area contributed by atoms with Crippen molar-refractivity contribution in [2.24, 2.45) is 0 Å². The number of carbonyl (C=O) groups excluding carboxylic acids is 3. The molecule has 0 amide bonds. The second-order valence-corrected chi connectivity index (χ2v) is 4.56. The number of ketones is 3. The minimum Gasteiger partial charge on any atom is -0.303 e. The Balaban J connectivity index is 5.92. The Labute approximate surface area is 109 Å². The second-order valence-electron chi connectivity index (χ2n) is 3.39. The van der Waals surface area contributed by atoms with Crippen LogP contribution >= 0.6 is 7.82 Å². The Morgan fingerprint density at radius 1 is 1.05 bits per heavy atom. The lowest BCUT2D eigenvalue weighted by Crippen LogP contribution is -2.48. The predicted molar refractivity (Wildman–Crippen MR) is 66.1 cm³/mol. The lowest BCUT2D eigenvalue weighted by Gasteiger charge is -2.27. The second kappa shape index (κ2) is 6.49. The van der Waals surface area contributed by atoms with E-state index in [1.807, 2.05) is 0 Å². The molecular formula is C11H13O7P. The minimum absolute atomic E-state index is 0.632. The van der Waals surface area contributed by atoms with Crippen LogP contribution in [0.4, 0.5) is 0 Å². The molecule has 0 bridgehead atoms. The van der Waals surface area contributed by atoms with Gasteiger partial charge in [0.25, 0.3) is 0 Å². The van der Waals surface area contributed by atoms with Crippen molar-refractivity contribution >= 4 is 25.2 Å². The van der Waals surface area contributed by atoms with Crippen LogP contribution in [0.15, 0.2) is 38.0 Å². The van der Waals surface area contributed by atoms with Crippen molar-refractivity contribution in [2.45, 2.75) is 12.0 Å². The number of hydrogen-bond donors (Lipinski definition) is 2. The van der Waals surface area contributed by atoms with Crippen LogP contribution < -0.4 is 0 Å². The third-order valence-electron chi connectivity index (χ3n) is 2.09. The van der Waals surface area contributed by atoms with Crippen LogP contribution in [-0.4, -0.2) is 32.7 Å². The van der Waals surface area contributed by atoms with Gasteiger partial charge in [-0.1, -0.05) is 19.7 Å². The SMILES string of the molecule is C=CC(=O)CC(OP(=O)(O)O)(C(=O)C=C)C(=O)C=C. The van der Waals surface area contributed by atoms with E-state index in [0.717, 1.165) is 6.08 Å². The Morgan fingerprint density at radius 3 is 1.74 bits per heavy atom. The number of hydrogen-bond acceptors (Lipinski definition) is 5. The molecule has 2 N–H and O–H groups in total. The maximum absolute atomic E-state index is 11.7. The average Bonchev–Trinajstić information content (AvgIpc) is 2.33. The molecular weight excluding hydrogens is 275 g/mol. The van der Waals surface area contributed by atoms with Crippen molar-refractivity contribution < 1.29 is 33.3 Å². The van der Waals surface area contributed by atoms with E-state index < -0.39 is 37.2 Å². The first kappa shape index (κ1) is 17.3. The highest BCUT2D eigenvalue weighted by Gasteiger charge is 2.49. The highest BCUT2D eigenvalue weighted by Crippen LogP contribution is 2.43. The van der Waals surface area contributed by atoms with Gasteiger partial charge >= 0.3 is 7.82 Å². The first-order valence-electron chi connectivity index (χ1n) is 4.88. The highest BCUT2D eigenvalue weighted by atomic mass is 31.2. The Hall–Kier alpha value is -1.66. The molecule has 0 spiro atoms. The summed E-state index contributed by atoms with van der Waals surface area (Å²) in [5.41, 5.74) is -2.67. The molecule has 0 aromatic heterocycles. The Kier molecular flexibility index (Phi) is 5.92. The van der Waals surface area contributed by atoms with Gasteiger partial charge in [-0.15, -0.1) is 0 Å². The molecule has 0 rings (SSSR count). The fourth-order valence-electron chi connectivity index (χ4n) is 1.27. The molecule has 19 heavy (non-hydrogen) atoms. The molecule has 0 aromatic carbocycles. The lowest BCUT2D eigenvalue weighted by molar-refractivity contribution is -0.147. The van der Waals surface area contributed by atoms with Crippen LogP contribution in [0.1, 0.15) is 6.42 Å². The average molecular weight is 288 g/mol. The van der Waals surface area contributed by atoms with Gasteiger partial charge in [0, 0.05) is 0 Å². The number of carbonyl (C=O) groups is 3. The van der Waals surface area contributed by atoms with Gasteiger partial charge in [-0.05, 0) is 18.2 Å². The standard InChI is InChI=1S/C11H13O7P/c1-4-8(12)7-11(9(13)5-2,10(14)6-3)18-19(15,16)17/h4-6H,1-3,7H2,(H2,15,16,17). The largest absolute Gasteiger partial charge is 0.471 e. The molecule has 0 heterocycles. The van der Waals surface area contributed by atoms with Crippen molar-refractivity contribution in [2.75, 3.05) is 0 Å². The Bertz CT molecular complexity index is 465. The maximum Gasteiger partial charge on any atom is 0.471 e. The van der Waals surface area contributed by atoms with E-state index in [-0.39, 0.29) is 0 Å². The molecule has 0 aliphatic rings. The fraction of sp³-hybridized carbons (Fsp3) is 0.182. The lowest BCUT2D eigenvalue weighted by atomic mass is 9.87. The van der Waals surface area contributed by atoms with Gasteiger partial charge in [0.2, 0.25) is 5.60 Å². The summed E-state index contributed by atoms with van der Waals surface area (Å²) in [6.07, 6.45) is 1.16. The third-order valence-corrected chi connectivity index (χ3v) is 2.64. The smallest absolute Gasteiger partial charge is 0.303 e. The van der Waals surface area contributed by atoms with Gasteiger partial charge in [0.1, 0.15) is 0 Å². The van der Waals surface area contributed by atoms with Crippen molar-refractivity contribution in [3.05, 3.63) is 38.0 Å². The van der Waals surface area contributed by atoms with Crippen LogP contribution in [0.3, 0.4) is 0 Å². The normalized spacial score (nSPS) is 11.5. The van der Waals surface area contributed by atoms with E-state index in [1.54, 1.807) is 0 Å². The molecule has 0 saturated heterocycles. The molecule has 0 aromatic rings. The van der Waals surface area contributed by atoms with Gasteiger partial charge < -0.3 is 9.79 Å². The van der Waals surface area contributed by atoms with Crippen molar-refractivity contribution in [1.29, 1.82) is 0 Å². The van der Waals surface area contributed by atoms with E-state index in [0.29, 0.717) is 12.2 Å². The van der Waals surface area contributed by atoms with Gasteiger partial charge in [0.15, 0.2) is 17.3 Å². The number of allylic oxidation sites excluding steroid dienone is 1. The summed E-state index contributed by atoms with van der Waals surface area (Å²) in [5.74, 6) is -3.12. The monoisotopic (exact) mass is 288 g/mol. The number of phosphoric acid groups is 1. The minimum atomic E-state index is -5.21. The van der Waals surface area contributed by atoms with Crippen molar-refractivity contribution in [3.8, 4) is 0 Å². The van der Waals surface area contributed by atoms with Crippen molar-refractivity contribution in [3.63, 3.8) is 0 Å². The third kappa shape index (κ3) is 4.50. The van der Waals surface area contributed by atoms with E-state index in [2.05, 4.69) is 24.3 Å². The zero-order chi connectivity index (χ0) is 15.3. The zero-order valence-corrected chi connectivity index (χ0v) is 10.8. The van der Waals surface area contributed by atoms with Gasteiger partial charge in [0.05, 0.1) is 6.42 Å². The Morgan fingerprint density at radius 2 is 1.47 bits per heavy atom. The summed E-state index contributed by atoms with van der Waals surface area (Å²) in [5, 5.41) is 0. The summed E-state index contributed by atoms with van der Waals surface area (Å²) in [6.45, 7) is 9.34.